The van der Waals surface area contributed by atoms with Crippen molar-refractivity contribution in [2.24, 2.45) is 0 Å². The topological polar surface area (TPSA) is 76.2 Å². The van der Waals surface area contributed by atoms with Crippen molar-refractivity contribution in [1.29, 1.82) is 0 Å². The van der Waals surface area contributed by atoms with Gasteiger partial charge in [0.2, 0.25) is 11.8 Å². The molecule has 1 N–H and O–H groups in total. The zero-order chi connectivity index (χ0) is 17.9. The Balaban J connectivity index is 1.59. The van der Waals surface area contributed by atoms with Gasteiger partial charge in [0.05, 0.1) is 5.56 Å². The van der Waals surface area contributed by atoms with E-state index in [9.17, 15) is 4.79 Å². The third-order valence-electron chi connectivity index (χ3n) is 4.04. The monoisotopic (exact) mass is 342 g/mol. The Labute approximate surface area is 149 Å². The minimum Gasteiger partial charge on any atom is -0.478 e. The first-order chi connectivity index (χ1) is 12.7. The summed E-state index contributed by atoms with van der Waals surface area (Å²) in [4.78, 5) is 10.9. The highest BCUT2D eigenvalue weighted by molar-refractivity contribution is 5.88. The zero-order valence-electron chi connectivity index (χ0n) is 13.7. The molecule has 0 saturated heterocycles. The fraction of sp³-hybridized carbons (Fsp3) is 0. The van der Waals surface area contributed by atoms with Gasteiger partial charge in [-0.25, -0.2) is 4.79 Å². The Hall–Kier alpha value is -3.73. The van der Waals surface area contributed by atoms with Crippen LogP contribution in [0.4, 0.5) is 0 Å². The third-order valence-corrected chi connectivity index (χ3v) is 4.04. The van der Waals surface area contributed by atoms with E-state index in [4.69, 9.17) is 9.52 Å². The number of aromatic carboxylic acids is 1. The molecular weight excluding hydrogens is 328 g/mol. The standard InChI is InChI=1S/C21H14N2O3/c24-21(25)18-12-10-17(11-13-18)20-23-22-19(26-20)16-8-6-15(7-9-16)14-4-2-1-3-5-14/h1-13H,(H,24,25). The molecular formula is C21H14N2O3. The van der Waals surface area contributed by atoms with Crippen LogP contribution in [0.5, 0.6) is 0 Å². The van der Waals surface area contributed by atoms with Gasteiger partial charge in [-0.2, -0.15) is 0 Å². The van der Waals surface area contributed by atoms with E-state index in [2.05, 4.69) is 22.3 Å². The number of hydrogen-bond acceptors (Lipinski definition) is 4. The highest BCUT2D eigenvalue weighted by atomic mass is 16.4. The molecule has 5 heteroatoms. The Morgan fingerprint density at radius 2 is 1.12 bits per heavy atom. The fourth-order valence-electron chi connectivity index (χ4n) is 2.65. The Kier molecular flexibility index (Phi) is 4.03. The average molecular weight is 342 g/mol. The highest BCUT2D eigenvalue weighted by Crippen LogP contribution is 2.26. The molecule has 4 aromatic rings. The maximum Gasteiger partial charge on any atom is 0.335 e. The van der Waals surface area contributed by atoms with Crippen molar-refractivity contribution in [3.8, 4) is 34.0 Å². The van der Waals surface area contributed by atoms with Crippen LogP contribution in [0, 0.1) is 0 Å². The van der Waals surface area contributed by atoms with Gasteiger partial charge in [0.25, 0.3) is 0 Å². The van der Waals surface area contributed by atoms with Crippen LogP contribution in [0.3, 0.4) is 0 Å². The summed E-state index contributed by atoms with van der Waals surface area (Å²) < 4.78 is 5.73. The lowest BCUT2D eigenvalue weighted by Crippen LogP contribution is -1.94. The Bertz CT molecular complexity index is 1040. The van der Waals surface area contributed by atoms with Crippen molar-refractivity contribution < 1.29 is 14.3 Å². The van der Waals surface area contributed by atoms with Crippen molar-refractivity contribution in [3.63, 3.8) is 0 Å². The molecule has 0 atom stereocenters. The molecule has 26 heavy (non-hydrogen) atoms. The summed E-state index contributed by atoms with van der Waals surface area (Å²) in [5.74, 6) is -0.202. The van der Waals surface area contributed by atoms with E-state index < -0.39 is 5.97 Å². The van der Waals surface area contributed by atoms with Gasteiger partial charge < -0.3 is 9.52 Å². The van der Waals surface area contributed by atoms with E-state index in [-0.39, 0.29) is 5.56 Å². The fourth-order valence-corrected chi connectivity index (χ4v) is 2.65. The zero-order valence-corrected chi connectivity index (χ0v) is 13.7. The lowest BCUT2D eigenvalue weighted by Gasteiger charge is -2.02. The minimum absolute atomic E-state index is 0.213. The molecule has 0 radical (unpaired) electrons. The summed E-state index contributed by atoms with van der Waals surface area (Å²) in [7, 11) is 0. The lowest BCUT2D eigenvalue weighted by atomic mass is 10.0. The summed E-state index contributed by atoms with van der Waals surface area (Å²) in [5, 5.41) is 17.1. The second kappa shape index (κ2) is 6.64. The van der Waals surface area contributed by atoms with E-state index in [0.29, 0.717) is 17.3 Å². The van der Waals surface area contributed by atoms with Crippen LogP contribution in [0.15, 0.2) is 83.3 Å². The molecule has 0 aliphatic carbocycles. The molecule has 0 fully saturated rings. The maximum absolute atomic E-state index is 10.9. The van der Waals surface area contributed by atoms with Crippen LogP contribution in [0.1, 0.15) is 10.4 Å². The average Bonchev–Trinajstić information content (AvgIpc) is 3.19. The summed E-state index contributed by atoms with van der Waals surface area (Å²) in [5.41, 5.74) is 3.97. The molecule has 1 heterocycles. The number of carbonyl (C=O) groups is 1. The van der Waals surface area contributed by atoms with Gasteiger partial charge in [0, 0.05) is 11.1 Å². The number of benzene rings is 3. The van der Waals surface area contributed by atoms with E-state index in [1.165, 1.54) is 12.1 Å². The molecule has 3 aromatic carbocycles. The predicted octanol–water partition coefficient (Wildman–Crippen LogP) is 4.77. The number of rotatable bonds is 4. The van der Waals surface area contributed by atoms with Crippen molar-refractivity contribution >= 4 is 5.97 Å². The largest absolute Gasteiger partial charge is 0.478 e. The number of hydrogen-bond donors (Lipinski definition) is 1. The second-order valence-corrected chi connectivity index (χ2v) is 5.74. The van der Waals surface area contributed by atoms with Gasteiger partial charge in [0.15, 0.2) is 0 Å². The SMILES string of the molecule is O=C(O)c1ccc(-c2nnc(-c3ccc(-c4ccccc4)cc3)o2)cc1. The van der Waals surface area contributed by atoms with Gasteiger partial charge >= 0.3 is 5.97 Å². The third kappa shape index (κ3) is 3.10. The van der Waals surface area contributed by atoms with Crippen LogP contribution in [0.2, 0.25) is 0 Å². The first-order valence-corrected chi connectivity index (χ1v) is 8.04. The molecule has 126 valence electrons. The molecule has 1 aromatic heterocycles. The van der Waals surface area contributed by atoms with Gasteiger partial charge in [0.1, 0.15) is 0 Å². The number of carboxylic acid groups (broad SMARTS) is 1. The van der Waals surface area contributed by atoms with E-state index in [1.54, 1.807) is 12.1 Å². The summed E-state index contributed by atoms with van der Waals surface area (Å²) in [6.07, 6.45) is 0. The maximum atomic E-state index is 10.9. The number of nitrogens with zero attached hydrogens (tertiary/aromatic N) is 2. The molecule has 0 amide bonds. The van der Waals surface area contributed by atoms with Crippen LogP contribution in [-0.2, 0) is 0 Å². The van der Waals surface area contributed by atoms with Crippen molar-refractivity contribution in [3.05, 3.63) is 84.4 Å². The molecule has 5 nitrogen and oxygen atoms in total. The number of carboxylic acids is 1. The first-order valence-electron chi connectivity index (χ1n) is 8.04. The summed E-state index contributed by atoms with van der Waals surface area (Å²) in [6.45, 7) is 0. The molecule has 0 saturated carbocycles. The van der Waals surface area contributed by atoms with E-state index in [1.807, 2.05) is 42.5 Å². The van der Waals surface area contributed by atoms with Crippen molar-refractivity contribution in [1.82, 2.24) is 10.2 Å². The van der Waals surface area contributed by atoms with Crippen molar-refractivity contribution in [2.45, 2.75) is 0 Å². The lowest BCUT2D eigenvalue weighted by molar-refractivity contribution is 0.0697. The minimum atomic E-state index is -0.971. The van der Waals surface area contributed by atoms with Crippen LogP contribution in [0.25, 0.3) is 34.0 Å². The normalized spacial score (nSPS) is 10.6. The van der Waals surface area contributed by atoms with Crippen molar-refractivity contribution in [2.75, 3.05) is 0 Å². The summed E-state index contributed by atoms with van der Waals surface area (Å²) in [6, 6.07) is 24.3. The first kappa shape index (κ1) is 15.8. The number of aromatic nitrogens is 2. The van der Waals surface area contributed by atoms with Crippen LogP contribution >= 0.6 is 0 Å². The Morgan fingerprint density at radius 1 is 0.654 bits per heavy atom. The molecule has 0 spiro atoms. The van der Waals surface area contributed by atoms with Crippen LogP contribution in [-0.4, -0.2) is 21.3 Å². The quantitative estimate of drug-likeness (QED) is 0.578. The van der Waals surface area contributed by atoms with Gasteiger partial charge in [-0.05, 0) is 47.5 Å². The smallest absolute Gasteiger partial charge is 0.335 e. The Morgan fingerprint density at radius 3 is 1.65 bits per heavy atom. The second-order valence-electron chi connectivity index (χ2n) is 5.74. The summed E-state index contributed by atoms with van der Waals surface area (Å²) >= 11 is 0. The van der Waals surface area contributed by atoms with Gasteiger partial charge in [-0.1, -0.05) is 42.5 Å². The highest BCUT2D eigenvalue weighted by Gasteiger charge is 2.11. The molecule has 0 aliphatic rings. The molecule has 0 unspecified atom stereocenters. The van der Waals surface area contributed by atoms with E-state index in [0.717, 1.165) is 16.7 Å². The molecule has 4 rings (SSSR count). The van der Waals surface area contributed by atoms with Gasteiger partial charge in [-0.15, -0.1) is 10.2 Å². The molecule has 0 aliphatic heterocycles. The van der Waals surface area contributed by atoms with Crippen LogP contribution < -0.4 is 0 Å². The molecule has 0 bridgehead atoms. The predicted molar refractivity (Wildman–Crippen MR) is 97.6 cm³/mol. The van der Waals surface area contributed by atoms with Gasteiger partial charge in [-0.3, -0.25) is 0 Å². The van der Waals surface area contributed by atoms with E-state index >= 15 is 0 Å².